The van der Waals surface area contributed by atoms with Gasteiger partial charge in [-0.25, -0.2) is 0 Å². The summed E-state index contributed by atoms with van der Waals surface area (Å²) < 4.78 is 0. The number of hydrogen-bond donors (Lipinski definition) is 0. The molecule has 0 spiro atoms. The molecule has 0 amide bonds. The van der Waals surface area contributed by atoms with Crippen molar-refractivity contribution in [2.45, 2.75) is 60.8 Å². The molecule has 0 fully saturated rings. The first-order valence-electron chi connectivity index (χ1n) is 6.15. The van der Waals surface area contributed by atoms with Gasteiger partial charge in [0.05, 0.1) is 0 Å². The third-order valence-electron chi connectivity index (χ3n) is 3.63. The zero-order valence-electron chi connectivity index (χ0n) is 10.9. The maximum absolute atomic E-state index is 2.44. The van der Waals surface area contributed by atoms with Gasteiger partial charge in [0.25, 0.3) is 0 Å². The van der Waals surface area contributed by atoms with E-state index in [1.807, 2.05) is 0 Å². The molecule has 0 aromatic heterocycles. The fraction of sp³-hybridized carbons (Fsp3) is 0.857. The average molecular weight is 196 g/mol. The summed E-state index contributed by atoms with van der Waals surface area (Å²) in [5, 5.41) is 0. The van der Waals surface area contributed by atoms with E-state index < -0.39 is 0 Å². The molecule has 0 saturated heterocycles. The monoisotopic (exact) mass is 196 g/mol. The van der Waals surface area contributed by atoms with Gasteiger partial charge in [-0.05, 0) is 30.1 Å². The molecule has 0 N–H and O–H groups in total. The van der Waals surface area contributed by atoms with Crippen LogP contribution < -0.4 is 0 Å². The molecule has 0 bridgehead atoms. The highest BCUT2D eigenvalue weighted by Gasteiger charge is 2.22. The molecule has 0 heteroatoms. The fourth-order valence-electron chi connectivity index (χ4n) is 1.65. The van der Waals surface area contributed by atoms with Crippen LogP contribution in [0.3, 0.4) is 0 Å². The quantitative estimate of drug-likeness (QED) is 0.521. The van der Waals surface area contributed by atoms with Gasteiger partial charge in [-0.1, -0.05) is 60.1 Å². The normalized spacial score (nSPS) is 18.8. The summed E-state index contributed by atoms with van der Waals surface area (Å²) in [5.74, 6) is 1.47. The van der Waals surface area contributed by atoms with Crippen LogP contribution in [-0.4, -0.2) is 0 Å². The summed E-state index contributed by atoms with van der Waals surface area (Å²) in [5.41, 5.74) is 0.391. The molecule has 0 aliphatic heterocycles. The van der Waals surface area contributed by atoms with E-state index in [0.29, 0.717) is 5.41 Å². The lowest BCUT2D eigenvalue weighted by Gasteiger charge is -2.29. The third kappa shape index (κ3) is 4.30. The largest absolute Gasteiger partial charge is 0.0851 e. The molecule has 0 aliphatic rings. The smallest absolute Gasteiger partial charge is 0.0126 e. The minimum absolute atomic E-state index is 0.391. The Balaban J connectivity index is 4.30. The number of allylic oxidation sites excluding steroid dienone is 2. The van der Waals surface area contributed by atoms with Crippen molar-refractivity contribution in [3.8, 4) is 0 Å². The maximum Gasteiger partial charge on any atom is -0.0126 e. The van der Waals surface area contributed by atoms with Gasteiger partial charge in [0.1, 0.15) is 0 Å². The second kappa shape index (κ2) is 6.27. The maximum atomic E-state index is 2.44. The van der Waals surface area contributed by atoms with Crippen LogP contribution in [0.1, 0.15) is 60.8 Å². The lowest BCUT2D eigenvalue weighted by Crippen LogP contribution is -2.19. The second-order valence-electron chi connectivity index (χ2n) is 5.14. The Bertz CT molecular complexity index is 167. The molecule has 2 atom stereocenters. The molecule has 0 nitrogen and oxygen atoms in total. The van der Waals surface area contributed by atoms with Gasteiger partial charge in [0.15, 0.2) is 0 Å². The Morgan fingerprint density at radius 2 is 1.71 bits per heavy atom. The molecule has 0 rings (SSSR count). The predicted octanol–water partition coefficient (Wildman–Crippen LogP) is 5.05. The summed E-state index contributed by atoms with van der Waals surface area (Å²) in [4.78, 5) is 0. The summed E-state index contributed by atoms with van der Waals surface area (Å²) in [7, 11) is 0. The fourth-order valence-corrected chi connectivity index (χ4v) is 1.65. The van der Waals surface area contributed by atoms with Gasteiger partial charge < -0.3 is 0 Å². The van der Waals surface area contributed by atoms with Crippen molar-refractivity contribution in [3.63, 3.8) is 0 Å². The zero-order valence-corrected chi connectivity index (χ0v) is 10.9. The first-order valence-corrected chi connectivity index (χ1v) is 6.15. The minimum atomic E-state index is 0.391. The van der Waals surface area contributed by atoms with Crippen molar-refractivity contribution in [2.24, 2.45) is 17.3 Å². The molecule has 84 valence electrons. The van der Waals surface area contributed by atoms with Crippen molar-refractivity contribution in [1.82, 2.24) is 0 Å². The van der Waals surface area contributed by atoms with Gasteiger partial charge in [0, 0.05) is 0 Å². The SMILES string of the molecule is CCCC(C)/C=C/C(C)(CC)C(C)C. The van der Waals surface area contributed by atoms with E-state index in [1.165, 1.54) is 19.3 Å². The Hall–Kier alpha value is -0.260. The highest BCUT2D eigenvalue weighted by molar-refractivity contribution is 5.00. The lowest BCUT2D eigenvalue weighted by atomic mass is 9.76. The van der Waals surface area contributed by atoms with Gasteiger partial charge >= 0.3 is 0 Å². The summed E-state index contributed by atoms with van der Waals surface area (Å²) in [6.07, 6.45) is 8.69. The Kier molecular flexibility index (Phi) is 6.15. The highest BCUT2D eigenvalue weighted by atomic mass is 14.3. The average Bonchev–Trinajstić information content (AvgIpc) is 2.14. The highest BCUT2D eigenvalue weighted by Crippen LogP contribution is 2.32. The topological polar surface area (TPSA) is 0 Å². The van der Waals surface area contributed by atoms with Crippen LogP contribution in [0.4, 0.5) is 0 Å². The molecule has 2 unspecified atom stereocenters. The molecule has 0 saturated carbocycles. The standard InChI is InChI=1S/C14H28/c1-7-9-13(5)10-11-14(6,8-2)12(3)4/h10-13H,7-9H2,1-6H3/b11-10+. The molecule has 0 radical (unpaired) electrons. The molecule has 14 heavy (non-hydrogen) atoms. The van der Waals surface area contributed by atoms with Crippen molar-refractivity contribution >= 4 is 0 Å². The molecular formula is C14H28. The minimum Gasteiger partial charge on any atom is -0.0851 e. The molecule has 0 aliphatic carbocycles. The zero-order chi connectivity index (χ0) is 11.2. The molecule has 0 aromatic rings. The van der Waals surface area contributed by atoms with Gasteiger partial charge in [-0.15, -0.1) is 0 Å². The van der Waals surface area contributed by atoms with E-state index in [0.717, 1.165) is 11.8 Å². The number of hydrogen-bond acceptors (Lipinski definition) is 0. The van der Waals surface area contributed by atoms with E-state index >= 15 is 0 Å². The van der Waals surface area contributed by atoms with Gasteiger partial charge in [-0.3, -0.25) is 0 Å². The molecule has 0 heterocycles. The van der Waals surface area contributed by atoms with Crippen LogP contribution >= 0.6 is 0 Å². The Labute approximate surface area is 90.8 Å². The molecular weight excluding hydrogens is 168 g/mol. The summed E-state index contributed by atoms with van der Waals surface area (Å²) in [6, 6.07) is 0. The second-order valence-corrected chi connectivity index (χ2v) is 5.14. The third-order valence-corrected chi connectivity index (χ3v) is 3.63. The van der Waals surface area contributed by atoms with E-state index in [9.17, 15) is 0 Å². The summed E-state index contributed by atoms with van der Waals surface area (Å²) in [6.45, 7) is 13.9. The predicted molar refractivity (Wildman–Crippen MR) is 66.4 cm³/mol. The van der Waals surface area contributed by atoms with Crippen molar-refractivity contribution in [2.75, 3.05) is 0 Å². The van der Waals surface area contributed by atoms with Crippen LogP contribution in [0.15, 0.2) is 12.2 Å². The van der Waals surface area contributed by atoms with E-state index in [2.05, 4.69) is 53.7 Å². The van der Waals surface area contributed by atoms with Crippen LogP contribution in [0, 0.1) is 17.3 Å². The number of rotatable bonds is 6. The Morgan fingerprint density at radius 3 is 2.07 bits per heavy atom. The van der Waals surface area contributed by atoms with Crippen LogP contribution in [-0.2, 0) is 0 Å². The summed E-state index contributed by atoms with van der Waals surface area (Å²) >= 11 is 0. The van der Waals surface area contributed by atoms with Crippen molar-refractivity contribution < 1.29 is 0 Å². The van der Waals surface area contributed by atoms with Crippen LogP contribution in [0.25, 0.3) is 0 Å². The van der Waals surface area contributed by atoms with Gasteiger partial charge in [-0.2, -0.15) is 0 Å². The van der Waals surface area contributed by atoms with Gasteiger partial charge in [0.2, 0.25) is 0 Å². The van der Waals surface area contributed by atoms with E-state index in [4.69, 9.17) is 0 Å². The van der Waals surface area contributed by atoms with Crippen LogP contribution in [0.5, 0.6) is 0 Å². The lowest BCUT2D eigenvalue weighted by molar-refractivity contribution is 0.285. The van der Waals surface area contributed by atoms with E-state index in [-0.39, 0.29) is 0 Å². The first-order chi connectivity index (χ1) is 6.46. The first kappa shape index (κ1) is 13.7. The van der Waals surface area contributed by atoms with Crippen LogP contribution in [0.2, 0.25) is 0 Å². The molecule has 0 aromatic carbocycles. The van der Waals surface area contributed by atoms with Crippen molar-refractivity contribution in [3.05, 3.63) is 12.2 Å². The Morgan fingerprint density at radius 1 is 1.14 bits per heavy atom. The van der Waals surface area contributed by atoms with E-state index in [1.54, 1.807) is 0 Å². The van der Waals surface area contributed by atoms with Crippen molar-refractivity contribution in [1.29, 1.82) is 0 Å².